The summed E-state index contributed by atoms with van der Waals surface area (Å²) in [5, 5.41) is 3.38. The molecule has 0 spiro atoms. The summed E-state index contributed by atoms with van der Waals surface area (Å²) in [6, 6.07) is 0. The minimum atomic E-state index is 1.15. The molecule has 0 unspecified atom stereocenters. The van der Waals surface area contributed by atoms with Gasteiger partial charge in [-0.25, -0.2) is 0 Å². The van der Waals surface area contributed by atoms with Crippen molar-refractivity contribution in [3.8, 4) is 0 Å². The molecule has 0 radical (unpaired) electrons. The molecule has 1 rings (SSSR count). The maximum atomic E-state index is 3.78. The molecule has 1 aliphatic rings. The highest BCUT2D eigenvalue weighted by Crippen LogP contribution is 2.11. The predicted molar refractivity (Wildman–Crippen MR) is 67.1 cm³/mol. The molecule has 2 heteroatoms. The van der Waals surface area contributed by atoms with Crippen LogP contribution < -0.4 is 5.32 Å². The van der Waals surface area contributed by atoms with Gasteiger partial charge in [-0.1, -0.05) is 37.6 Å². The number of rotatable bonds is 6. The third kappa shape index (κ3) is 5.14. The fourth-order valence-corrected chi connectivity index (χ4v) is 2.02. The Hall–Kier alpha value is -0.600. The quantitative estimate of drug-likeness (QED) is 0.673. The Labute approximate surface area is 94.0 Å². The smallest absolute Gasteiger partial charge is 0.0107 e. The van der Waals surface area contributed by atoms with Crippen LogP contribution in [0.3, 0.4) is 0 Å². The van der Waals surface area contributed by atoms with Gasteiger partial charge in [0.25, 0.3) is 0 Å². The van der Waals surface area contributed by atoms with E-state index in [9.17, 15) is 0 Å². The molecule has 2 nitrogen and oxygen atoms in total. The third-order valence-corrected chi connectivity index (χ3v) is 2.88. The average Bonchev–Trinajstić information content (AvgIpc) is 2.28. The Morgan fingerprint density at radius 1 is 1.33 bits per heavy atom. The largest absolute Gasteiger partial charge is 0.314 e. The Balaban J connectivity index is 2.25. The molecule has 0 aromatic carbocycles. The lowest BCUT2D eigenvalue weighted by Gasteiger charge is -2.27. The van der Waals surface area contributed by atoms with E-state index in [-0.39, 0.29) is 0 Å². The second-order valence-electron chi connectivity index (χ2n) is 4.15. The van der Waals surface area contributed by atoms with E-state index in [4.69, 9.17) is 0 Å². The van der Waals surface area contributed by atoms with Gasteiger partial charge in [0.2, 0.25) is 0 Å². The lowest BCUT2D eigenvalue weighted by atomic mass is 10.1. The fraction of sp³-hybridized carbons (Fsp3) is 0.692. The molecule has 1 aliphatic heterocycles. The Bertz CT molecular complexity index is 203. The Kier molecular flexibility index (Phi) is 6.37. The standard InChI is InChI=1S/C13H24N2/c1-3-5-13(6-4-2)7-10-15-11-8-14-9-12-15/h3,5,14H,1,4,6-12H2,2H3/b13-5+. The van der Waals surface area contributed by atoms with Crippen molar-refractivity contribution >= 4 is 0 Å². The van der Waals surface area contributed by atoms with Gasteiger partial charge in [-0.2, -0.15) is 0 Å². The van der Waals surface area contributed by atoms with Crippen LogP contribution >= 0.6 is 0 Å². The molecule has 1 fully saturated rings. The molecule has 0 saturated carbocycles. The normalized spacial score (nSPS) is 19.1. The van der Waals surface area contributed by atoms with E-state index in [0.29, 0.717) is 0 Å². The van der Waals surface area contributed by atoms with Crippen LogP contribution in [0.2, 0.25) is 0 Å². The minimum absolute atomic E-state index is 1.15. The van der Waals surface area contributed by atoms with Crippen molar-refractivity contribution in [3.63, 3.8) is 0 Å². The Morgan fingerprint density at radius 3 is 2.67 bits per heavy atom. The first kappa shape index (κ1) is 12.5. The molecular weight excluding hydrogens is 184 g/mol. The van der Waals surface area contributed by atoms with Crippen molar-refractivity contribution in [1.82, 2.24) is 10.2 Å². The fourth-order valence-electron chi connectivity index (χ4n) is 2.02. The van der Waals surface area contributed by atoms with Crippen LogP contribution in [0.1, 0.15) is 26.2 Å². The molecule has 86 valence electrons. The molecule has 1 heterocycles. The minimum Gasteiger partial charge on any atom is -0.314 e. The average molecular weight is 208 g/mol. The van der Waals surface area contributed by atoms with E-state index in [1.807, 2.05) is 6.08 Å². The molecule has 15 heavy (non-hydrogen) atoms. The first-order valence-electron chi connectivity index (χ1n) is 6.10. The van der Waals surface area contributed by atoms with Crippen LogP contribution in [0.5, 0.6) is 0 Å². The summed E-state index contributed by atoms with van der Waals surface area (Å²) in [7, 11) is 0. The molecule has 1 saturated heterocycles. The van der Waals surface area contributed by atoms with Gasteiger partial charge >= 0.3 is 0 Å². The molecule has 0 aromatic heterocycles. The lowest BCUT2D eigenvalue weighted by molar-refractivity contribution is 0.243. The summed E-state index contributed by atoms with van der Waals surface area (Å²) < 4.78 is 0. The third-order valence-electron chi connectivity index (χ3n) is 2.88. The van der Waals surface area contributed by atoms with Crippen LogP contribution in [0.15, 0.2) is 24.3 Å². The number of nitrogens with one attached hydrogen (secondary N) is 1. The zero-order chi connectivity index (χ0) is 10.9. The summed E-state index contributed by atoms with van der Waals surface area (Å²) >= 11 is 0. The highest BCUT2D eigenvalue weighted by molar-refractivity contribution is 5.10. The van der Waals surface area contributed by atoms with E-state index in [0.717, 1.165) is 13.1 Å². The maximum Gasteiger partial charge on any atom is 0.0107 e. The van der Waals surface area contributed by atoms with Crippen LogP contribution in [0.25, 0.3) is 0 Å². The van der Waals surface area contributed by atoms with Crippen LogP contribution in [-0.4, -0.2) is 37.6 Å². The zero-order valence-electron chi connectivity index (χ0n) is 9.97. The van der Waals surface area contributed by atoms with Gasteiger partial charge in [-0.3, -0.25) is 0 Å². The van der Waals surface area contributed by atoms with Crippen molar-refractivity contribution in [2.45, 2.75) is 26.2 Å². The summed E-state index contributed by atoms with van der Waals surface area (Å²) in [5.41, 5.74) is 1.55. The first-order chi connectivity index (χ1) is 7.36. The predicted octanol–water partition coefficient (Wildman–Crippen LogP) is 2.19. The van der Waals surface area contributed by atoms with E-state index < -0.39 is 0 Å². The van der Waals surface area contributed by atoms with E-state index in [1.54, 1.807) is 5.57 Å². The van der Waals surface area contributed by atoms with Crippen LogP contribution in [0.4, 0.5) is 0 Å². The van der Waals surface area contributed by atoms with E-state index >= 15 is 0 Å². The van der Waals surface area contributed by atoms with Crippen molar-refractivity contribution < 1.29 is 0 Å². The molecular formula is C13H24N2. The summed E-state index contributed by atoms with van der Waals surface area (Å²) in [5.74, 6) is 0. The summed E-state index contributed by atoms with van der Waals surface area (Å²) in [6.07, 6.45) is 7.77. The van der Waals surface area contributed by atoms with Crippen molar-refractivity contribution in [3.05, 3.63) is 24.3 Å². The van der Waals surface area contributed by atoms with E-state index in [1.165, 1.54) is 38.9 Å². The molecule has 0 aliphatic carbocycles. The summed E-state index contributed by atoms with van der Waals surface area (Å²) in [6.45, 7) is 11.9. The second-order valence-corrected chi connectivity index (χ2v) is 4.15. The van der Waals surface area contributed by atoms with E-state index in [2.05, 4.69) is 29.8 Å². The highest BCUT2D eigenvalue weighted by Gasteiger charge is 2.09. The molecule has 0 aromatic rings. The number of allylic oxidation sites excluding steroid dienone is 2. The van der Waals surface area contributed by atoms with Crippen molar-refractivity contribution in [2.75, 3.05) is 32.7 Å². The van der Waals surface area contributed by atoms with Gasteiger partial charge in [-0.05, 0) is 12.8 Å². The molecule has 0 atom stereocenters. The maximum absolute atomic E-state index is 3.78. The van der Waals surface area contributed by atoms with Crippen LogP contribution in [-0.2, 0) is 0 Å². The van der Waals surface area contributed by atoms with Gasteiger partial charge in [0, 0.05) is 32.7 Å². The van der Waals surface area contributed by atoms with Gasteiger partial charge in [-0.15, -0.1) is 0 Å². The zero-order valence-corrected chi connectivity index (χ0v) is 9.97. The lowest BCUT2D eigenvalue weighted by Crippen LogP contribution is -2.43. The van der Waals surface area contributed by atoms with Gasteiger partial charge in [0.15, 0.2) is 0 Å². The second kappa shape index (κ2) is 7.66. The van der Waals surface area contributed by atoms with Crippen molar-refractivity contribution in [1.29, 1.82) is 0 Å². The highest BCUT2D eigenvalue weighted by atomic mass is 15.2. The van der Waals surface area contributed by atoms with Gasteiger partial charge in [0.05, 0.1) is 0 Å². The molecule has 1 N–H and O–H groups in total. The van der Waals surface area contributed by atoms with Gasteiger partial charge in [0.1, 0.15) is 0 Å². The topological polar surface area (TPSA) is 15.3 Å². The SMILES string of the molecule is C=C/C=C(\CCC)CCN1CCNCC1. The number of nitrogens with zero attached hydrogens (tertiary/aromatic N) is 1. The molecule has 0 amide bonds. The van der Waals surface area contributed by atoms with Gasteiger partial charge < -0.3 is 10.2 Å². The first-order valence-corrected chi connectivity index (χ1v) is 6.10. The van der Waals surface area contributed by atoms with Crippen molar-refractivity contribution in [2.24, 2.45) is 0 Å². The summed E-state index contributed by atoms with van der Waals surface area (Å²) in [4.78, 5) is 2.54. The monoisotopic (exact) mass is 208 g/mol. The Morgan fingerprint density at radius 2 is 2.07 bits per heavy atom. The number of piperazine rings is 1. The molecule has 0 bridgehead atoms. The number of hydrogen-bond acceptors (Lipinski definition) is 2. The van der Waals surface area contributed by atoms with Crippen LogP contribution in [0, 0.1) is 0 Å². The number of hydrogen-bond donors (Lipinski definition) is 1.